The Morgan fingerprint density at radius 1 is 1.24 bits per heavy atom. The number of halogens is 1. The highest BCUT2D eigenvalue weighted by Gasteiger charge is 2.08. The highest BCUT2D eigenvalue weighted by Crippen LogP contribution is 2.26. The number of aryl methyl sites for hydroxylation is 3. The zero-order valence-corrected chi connectivity index (χ0v) is 12.4. The van der Waals surface area contributed by atoms with Gasteiger partial charge in [0.1, 0.15) is 4.62 Å². The minimum Gasteiger partial charge on any atom is -0.241 e. The Kier molecular flexibility index (Phi) is 4.88. The van der Waals surface area contributed by atoms with Crippen LogP contribution in [0.15, 0.2) is 35.9 Å². The van der Waals surface area contributed by atoms with Gasteiger partial charge in [0.2, 0.25) is 0 Å². The standard InChI is InChI=1S/C15H18BrN/c1-6-13(17-14(16)7-2)15-11(4)8-10(3)9-12(15)5/h6-9H,2H2,1,3-5H3/b13-6-,17-14?. The number of benzene rings is 1. The molecule has 2 heteroatoms. The van der Waals surface area contributed by atoms with Crippen LogP contribution in [-0.4, -0.2) is 4.62 Å². The summed E-state index contributed by atoms with van der Waals surface area (Å²) in [7, 11) is 0. The molecule has 0 atom stereocenters. The fourth-order valence-corrected chi connectivity index (χ4v) is 2.20. The summed E-state index contributed by atoms with van der Waals surface area (Å²) in [4.78, 5) is 4.51. The summed E-state index contributed by atoms with van der Waals surface area (Å²) < 4.78 is 0.755. The molecule has 0 aliphatic rings. The van der Waals surface area contributed by atoms with Gasteiger partial charge in [-0.2, -0.15) is 0 Å². The fraction of sp³-hybridized carbons (Fsp3) is 0.267. The van der Waals surface area contributed by atoms with Crippen LogP contribution in [0.5, 0.6) is 0 Å². The molecule has 0 N–H and O–H groups in total. The number of hydrogen-bond donors (Lipinski definition) is 0. The van der Waals surface area contributed by atoms with Crippen LogP contribution in [0.25, 0.3) is 5.70 Å². The smallest absolute Gasteiger partial charge is 0.106 e. The van der Waals surface area contributed by atoms with Crippen molar-refractivity contribution < 1.29 is 0 Å². The van der Waals surface area contributed by atoms with E-state index in [-0.39, 0.29) is 0 Å². The first-order chi connectivity index (χ1) is 7.99. The van der Waals surface area contributed by atoms with E-state index in [9.17, 15) is 0 Å². The molecule has 0 radical (unpaired) electrons. The van der Waals surface area contributed by atoms with E-state index in [0.29, 0.717) is 0 Å². The van der Waals surface area contributed by atoms with E-state index in [1.165, 1.54) is 22.3 Å². The van der Waals surface area contributed by atoms with Gasteiger partial charge in [0.05, 0.1) is 5.70 Å². The Morgan fingerprint density at radius 3 is 2.18 bits per heavy atom. The number of rotatable bonds is 3. The molecule has 0 saturated carbocycles. The van der Waals surface area contributed by atoms with Crippen LogP contribution in [0.3, 0.4) is 0 Å². The summed E-state index contributed by atoms with van der Waals surface area (Å²) in [5.74, 6) is 0. The highest BCUT2D eigenvalue weighted by molar-refractivity contribution is 9.18. The van der Waals surface area contributed by atoms with Crippen LogP contribution >= 0.6 is 15.9 Å². The van der Waals surface area contributed by atoms with Crippen molar-refractivity contribution in [3.8, 4) is 0 Å². The average Bonchev–Trinajstić information content (AvgIpc) is 2.25. The topological polar surface area (TPSA) is 12.4 Å². The second-order valence-electron chi connectivity index (χ2n) is 4.09. The first kappa shape index (κ1) is 13.9. The average molecular weight is 292 g/mol. The highest BCUT2D eigenvalue weighted by atomic mass is 79.9. The van der Waals surface area contributed by atoms with Crippen molar-refractivity contribution in [3.63, 3.8) is 0 Å². The molecular weight excluding hydrogens is 274 g/mol. The van der Waals surface area contributed by atoms with Crippen LogP contribution in [0.2, 0.25) is 0 Å². The van der Waals surface area contributed by atoms with Crippen molar-refractivity contribution >= 4 is 26.2 Å². The third-order valence-corrected chi connectivity index (χ3v) is 3.10. The molecule has 90 valence electrons. The minimum absolute atomic E-state index is 0.755. The van der Waals surface area contributed by atoms with Gasteiger partial charge in [-0.25, -0.2) is 4.99 Å². The van der Waals surface area contributed by atoms with Crippen LogP contribution < -0.4 is 0 Å². The van der Waals surface area contributed by atoms with Crippen molar-refractivity contribution in [2.45, 2.75) is 27.7 Å². The van der Waals surface area contributed by atoms with Gasteiger partial charge in [-0.15, -0.1) is 0 Å². The molecule has 0 aliphatic heterocycles. The molecule has 0 heterocycles. The molecule has 0 spiro atoms. The molecule has 0 fully saturated rings. The minimum atomic E-state index is 0.755. The lowest BCUT2D eigenvalue weighted by Gasteiger charge is -2.11. The number of allylic oxidation sites excluding steroid dienone is 2. The number of nitrogens with zero attached hydrogens (tertiary/aromatic N) is 1. The lowest BCUT2D eigenvalue weighted by molar-refractivity contribution is 1.27. The largest absolute Gasteiger partial charge is 0.241 e. The number of aliphatic imine (C=N–C) groups is 1. The summed E-state index contributed by atoms with van der Waals surface area (Å²) in [6.07, 6.45) is 3.72. The first-order valence-corrected chi connectivity index (χ1v) is 6.40. The van der Waals surface area contributed by atoms with E-state index in [1.807, 2.05) is 13.0 Å². The Hall–Kier alpha value is -1.15. The maximum atomic E-state index is 4.51. The van der Waals surface area contributed by atoms with Gasteiger partial charge in [-0.1, -0.05) is 30.4 Å². The summed E-state index contributed by atoms with van der Waals surface area (Å²) in [6.45, 7) is 12.1. The van der Waals surface area contributed by atoms with Gasteiger partial charge in [0.25, 0.3) is 0 Å². The lowest BCUT2D eigenvalue weighted by Crippen LogP contribution is -1.94. The Labute approximate surface area is 112 Å². The second kappa shape index (κ2) is 5.97. The van der Waals surface area contributed by atoms with E-state index >= 15 is 0 Å². The monoisotopic (exact) mass is 291 g/mol. The Balaban J connectivity index is 3.37. The molecule has 0 amide bonds. The van der Waals surface area contributed by atoms with Gasteiger partial charge in [0, 0.05) is 5.56 Å². The molecule has 0 aliphatic carbocycles. The molecule has 0 bridgehead atoms. The summed E-state index contributed by atoms with van der Waals surface area (Å²) in [5.41, 5.74) is 5.97. The Morgan fingerprint density at radius 2 is 1.76 bits per heavy atom. The van der Waals surface area contributed by atoms with Crippen molar-refractivity contribution in [1.29, 1.82) is 0 Å². The van der Waals surface area contributed by atoms with Gasteiger partial charge < -0.3 is 0 Å². The van der Waals surface area contributed by atoms with E-state index in [1.54, 1.807) is 6.08 Å². The van der Waals surface area contributed by atoms with Gasteiger partial charge in [-0.3, -0.25) is 0 Å². The maximum Gasteiger partial charge on any atom is 0.106 e. The van der Waals surface area contributed by atoms with E-state index in [0.717, 1.165) is 10.3 Å². The van der Waals surface area contributed by atoms with Crippen LogP contribution in [0.4, 0.5) is 0 Å². The lowest BCUT2D eigenvalue weighted by atomic mass is 9.97. The summed E-state index contributed by atoms with van der Waals surface area (Å²) >= 11 is 3.37. The third-order valence-electron chi connectivity index (χ3n) is 2.60. The zero-order chi connectivity index (χ0) is 13.0. The van der Waals surface area contributed by atoms with Gasteiger partial charge in [-0.05, 0) is 60.8 Å². The van der Waals surface area contributed by atoms with Crippen molar-refractivity contribution in [3.05, 3.63) is 53.1 Å². The molecule has 0 saturated heterocycles. The predicted molar refractivity (Wildman–Crippen MR) is 80.9 cm³/mol. The molecule has 17 heavy (non-hydrogen) atoms. The Bertz CT molecular complexity index is 473. The van der Waals surface area contributed by atoms with E-state index < -0.39 is 0 Å². The summed E-state index contributed by atoms with van der Waals surface area (Å²) in [6, 6.07) is 4.37. The van der Waals surface area contributed by atoms with Crippen molar-refractivity contribution in [2.75, 3.05) is 0 Å². The second-order valence-corrected chi connectivity index (χ2v) is 4.90. The van der Waals surface area contributed by atoms with E-state index in [2.05, 4.69) is 60.4 Å². The van der Waals surface area contributed by atoms with Crippen LogP contribution in [0, 0.1) is 20.8 Å². The third kappa shape index (κ3) is 3.40. The first-order valence-electron chi connectivity index (χ1n) is 5.60. The van der Waals surface area contributed by atoms with Crippen LogP contribution in [-0.2, 0) is 0 Å². The normalized spacial score (nSPS) is 12.8. The molecule has 1 nitrogen and oxygen atoms in total. The molecule has 1 aromatic rings. The number of hydrogen-bond acceptors (Lipinski definition) is 1. The molecule has 1 rings (SSSR count). The molecule has 0 aromatic heterocycles. The predicted octanol–water partition coefficient (Wildman–Crippen LogP) is 4.95. The molecule has 0 unspecified atom stereocenters. The van der Waals surface area contributed by atoms with Gasteiger partial charge >= 0.3 is 0 Å². The molecule has 1 aromatic carbocycles. The quantitative estimate of drug-likeness (QED) is 0.699. The van der Waals surface area contributed by atoms with Crippen molar-refractivity contribution in [1.82, 2.24) is 0 Å². The SMILES string of the molecule is C=CC(Br)=N/C(=C\C)c1c(C)cc(C)cc1C. The van der Waals surface area contributed by atoms with E-state index in [4.69, 9.17) is 0 Å². The van der Waals surface area contributed by atoms with Gasteiger partial charge in [0.15, 0.2) is 0 Å². The van der Waals surface area contributed by atoms with Crippen molar-refractivity contribution in [2.24, 2.45) is 4.99 Å². The van der Waals surface area contributed by atoms with Crippen LogP contribution in [0.1, 0.15) is 29.2 Å². The maximum absolute atomic E-state index is 4.51. The zero-order valence-electron chi connectivity index (χ0n) is 10.8. The fourth-order valence-electron chi connectivity index (χ4n) is 2.01. The molecular formula is C15H18BrN. The summed E-state index contributed by atoms with van der Waals surface area (Å²) in [5, 5.41) is 0.